The maximum absolute atomic E-state index is 13.6. The van der Waals surface area contributed by atoms with Gasteiger partial charge in [0.2, 0.25) is 5.95 Å². The molecule has 6 heteroatoms. The van der Waals surface area contributed by atoms with Gasteiger partial charge in [-0.25, -0.2) is 9.37 Å². The third-order valence-electron chi connectivity index (χ3n) is 3.26. The lowest BCUT2D eigenvalue weighted by Gasteiger charge is -2.24. The fourth-order valence-electron chi connectivity index (χ4n) is 2.42. The molecule has 1 unspecified atom stereocenters. The van der Waals surface area contributed by atoms with Crippen LogP contribution >= 0.6 is 15.9 Å². The van der Waals surface area contributed by atoms with Crippen molar-refractivity contribution in [3.05, 3.63) is 22.4 Å². The van der Waals surface area contributed by atoms with Crippen molar-refractivity contribution in [3.8, 4) is 0 Å². The number of benzene rings is 1. The summed E-state index contributed by atoms with van der Waals surface area (Å²) >= 11 is 3.16. The molecule has 4 nitrogen and oxygen atoms in total. The summed E-state index contributed by atoms with van der Waals surface area (Å²) in [6, 6.07) is 3.27. The highest BCUT2D eigenvalue weighted by molar-refractivity contribution is 9.10. The van der Waals surface area contributed by atoms with Gasteiger partial charge in [-0.05, 0) is 34.8 Å². The minimum Gasteiger partial charge on any atom is -0.379 e. The minimum absolute atomic E-state index is 0.143. The molecule has 2 heterocycles. The molecule has 18 heavy (non-hydrogen) atoms. The molecule has 1 fully saturated rings. The predicted molar refractivity (Wildman–Crippen MR) is 70.9 cm³/mol. The smallest absolute Gasteiger partial charge is 0.201 e. The van der Waals surface area contributed by atoms with Crippen molar-refractivity contribution in [2.24, 2.45) is 0 Å². The van der Waals surface area contributed by atoms with Crippen LogP contribution in [0.15, 0.2) is 16.6 Å². The van der Waals surface area contributed by atoms with E-state index in [9.17, 15) is 4.39 Å². The Morgan fingerprint density at radius 2 is 2.33 bits per heavy atom. The number of hydrogen-bond donors (Lipinski definition) is 1. The highest BCUT2D eigenvalue weighted by Gasteiger charge is 2.21. The molecule has 1 aliphatic rings. The molecule has 1 aromatic carbocycles. The van der Waals surface area contributed by atoms with Crippen LogP contribution in [0.4, 0.5) is 10.3 Å². The molecular weight excluding hydrogens is 301 g/mol. The molecule has 0 saturated carbocycles. The Labute approximate surface area is 112 Å². The zero-order chi connectivity index (χ0) is 12.7. The van der Waals surface area contributed by atoms with Crippen molar-refractivity contribution in [2.45, 2.75) is 18.9 Å². The molecule has 0 spiro atoms. The summed E-state index contributed by atoms with van der Waals surface area (Å²) in [6.07, 6.45) is 1.97. The standard InChI is InChI=1S/C12H13BrFN3O/c13-8-4-10-11(5-9(8)14)17(12(15)16-10)7-2-1-3-18-6-7/h4-5,7H,1-3,6H2,(H2,15,16). The first kappa shape index (κ1) is 11.9. The molecule has 3 rings (SSSR count). The van der Waals surface area contributed by atoms with Crippen LogP contribution in [0.5, 0.6) is 0 Å². The Hall–Kier alpha value is -1.14. The number of nitrogens with two attached hydrogens (primary N) is 1. The Kier molecular flexibility index (Phi) is 2.99. The van der Waals surface area contributed by atoms with E-state index >= 15 is 0 Å². The highest BCUT2D eigenvalue weighted by atomic mass is 79.9. The lowest BCUT2D eigenvalue weighted by atomic mass is 10.1. The molecule has 1 saturated heterocycles. The molecular formula is C12H13BrFN3O. The normalized spacial score (nSPS) is 20.4. The number of ether oxygens (including phenoxy) is 1. The Morgan fingerprint density at radius 1 is 1.50 bits per heavy atom. The van der Waals surface area contributed by atoms with E-state index in [1.807, 2.05) is 4.57 Å². The molecule has 0 radical (unpaired) electrons. The van der Waals surface area contributed by atoms with Crippen LogP contribution in [0.25, 0.3) is 11.0 Å². The van der Waals surface area contributed by atoms with Gasteiger partial charge in [0.1, 0.15) is 5.82 Å². The summed E-state index contributed by atoms with van der Waals surface area (Å²) in [6.45, 7) is 1.39. The fraction of sp³-hybridized carbons (Fsp3) is 0.417. The summed E-state index contributed by atoms with van der Waals surface area (Å²) in [5.74, 6) is 0.110. The molecule has 0 amide bonds. The first-order valence-corrected chi connectivity index (χ1v) is 6.66. The van der Waals surface area contributed by atoms with E-state index < -0.39 is 0 Å². The van der Waals surface area contributed by atoms with Gasteiger partial charge in [-0.15, -0.1) is 0 Å². The first-order valence-electron chi connectivity index (χ1n) is 5.87. The van der Waals surface area contributed by atoms with Crippen LogP contribution in [0, 0.1) is 5.82 Å². The number of aromatic nitrogens is 2. The summed E-state index contributed by atoms with van der Waals surface area (Å²) in [5, 5.41) is 0. The zero-order valence-electron chi connectivity index (χ0n) is 9.70. The fourth-order valence-corrected chi connectivity index (χ4v) is 2.75. The Balaban J connectivity index is 2.15. The summed E-state index contributed by atoms with van der Waals surface area (Å²) < 4.78 is 21.4. The van der Waals surface area contributed by atoms with Crippen molar-refractivity contribution in [2.75, 3.05) is 18.9 Å². The summed E-state index contributed by atoms with van der Waals surface area (Å²) in [7, 11) is 0. The van der Waals surface area contributed by atoms with Crippen molar-refractivity contribution in [1.29, 1.82) is 0 Å². The molecule has 1 aliphatic heterocycles. The predicted octanol–water partition coefficient (Wildman–Crippen LogP) is 2.87. The molecule has 96 valence electrons. The molecule has 1 aromatic heterocycles. The number of rotatable bonds is 1. The van der Waals surface area contributed by atoms with Crippen molar-refractivity contribution in [3.63, 3.8) is 0 Å². The van der Waals surface area contributed by atoms with Gasteiger partial charge in [0.05, 0.1) is 28.2 Å². The van der Waals surface area contributed by atoms with Crippen LogP contribution in [0.1, 0.15) is 18.9 Å². The monoisotopic (exact) mass is 313 g/mol. The largest absolute Gasteiger partial charge is 0.379 e. The lowest BCUT2D eigenvalue weighted by molar-refractivity contribution is 0.0611. The van der Waals surface area contributed by atoms with Crippen LogP contribution < -0.4 is 5.73 Å². The number of nitrogen functional groups attached to an aromatic ring is 1. The van der Waals surface area contributed by atoms with Crippen molar-refractivity contribution >= 4 is 32.9 Å². The van der Waals surface area contributed by atoms with Gasteiger partial charge in [-0.2, -0.15) is 0 Å². The molecule has 2 N–H and O–H groups in total. The van der Waals surface area contributed by atoms with E-state index in [0.717, 1.165) is 25.0 Å². The molecule has 2 aromatic rings. The van der Waals surface area contributed by atoms with E-state index in [1.54, 1.807) is 6.07 Å². The van der Waals surface area contributed by atoms with E-state index in [1.165, 1.54) is 6.07 Å². The van der Waals surface area contributed by atoms with Crippen molar-refractivity contribution in [1.82, 2.24) is 9.55 Å². The number of fused-ring (bicyclic) bond motifs is 1. The van der Waals surface area contributed by atoms with Crippen molar-refractivity contribution < 1.29 is 9.13 Å². The molecule has 1 atom stereocenters. The third kappa shape index (κ3) is 1.89. The second-order valence-corrected chi connectivity index (χ2v) is 5.32. The van der Waals surface area contributed by atoms with Crippen LogP contribution in [0.2, 0.25) is 0 Å². The number of hydrogen-bond acceptors (Lipinski definition) is 3. The van der Waals surface area contributed by atoms with Gasteiger partial charge in [0, 0.05) is 12.7 Å². The van der Waals surface area contributed by atoms with Gasteiger partial charge in [0.25, 0.3) is 0 Å². The Morgan fingerprint density at radius 3 is 3.06 bits per heavy atom. The van der Waals surface area contributed by atoms with Crippen LogP contribution in [-0.4, -0.2) is 22.8 Å². The molecule has 0 aliphatic carbocycles. The van der Waals surface area contributed by atoms with E-state index in [-0.39, 0.29) is 11.9 Å². The number of imidazole rings is 1. The van der Waals surface area contributed by atoms with Gasteiger partial charge >= 0.3 is 0 Å². The van der Waals surface area contributed by atoms with E-state index in [4.69, 9.17) is 10.5 Å². The van der Waals surface area contributed by atoms with Gasteiger partial charge < -0.3 is 15.0 Å². The topological polar surface area (TPSA) is 53.1 Å². The average molecular weight is 314 g/mol. The average Bonchev–Trinajstić information content (AvgIpc) is 2.66. The van der Waals surface area contributed by atoms with Gasteiger partial charge in [-0.3, -0.25) is 0 Å². The van der Waals surface area contributed by atoms with Crippen LogP contribution in [-0.2, 0) is 4.74 Å². The number of nitrogens with zero attached hydrogens (tertiary/aromatic N) is 2. The summed E-state index contributed by atoms with van der Waals surface area (Å²) in [4.78, 5) is 4.28. The number of anilines is 1. The van der Waals surface area contributed by atoms with Gasteiger partial charge in [0.15, 0.2) is 0 Å². The molecule has 0 bridgehead atoms. The quantitative estimate of drug-likeness (QED) is 0.880. The number of halogens is 2. The van der Waals surface area contributed by atoms with E-state index in [2.05, 4.69) is 20.9 Å². The maximum Gasteiger partial charge on any atom is 0.201 e. The maximum atomic E-state index is 13.6. The van der Waals surface area contributed by atoms with Crippen LogP contribution in [0.3, 0.4) is 0 Å². The second kappa shape index (κ2) is 4.51. The highest BCUT2D eigenvalue weighted by Crippen LogP contribution is 2.30. The lowest BCUT2D eigenvalue weighted by Crippen LogP contribution is -2.22. The summed E-state index contributed by atoms with van der Waals surface area (Å²) in [5.41, 5.74) is 7.37. The third-order valence-corrected chi connectivity index (χ3v) is 3.87. The zero-order valence-corrected chi connectivity index (χ0v) is 11.3. The minimum atomic E-state index is -0.305. The van der Waals surface area contributed by atoms with E-state index in [0.29, 0.717) is 22.5 Å². The SMILES string of the molecule is Nc1nc2cc(Br)c(F)cc2n1C1CCCOC1. The first-order chi connectivity index (χ1) is 8.66. The van der Waals surface area contributed by atoms with Gasteiger partial charge in [-0.1, -0.05) is 0 Å². The second-order valence-electron chi connectivity index (χ2n) is 4.47. The Bertz CT molecular complexity index is 593.